The molecule has 2 aromatic heterocycles. The van der Waals surface area contributed by atoms with E-state index in [1.54, 1.807) is 5.51 Å². The summed E-state index contributed by atoms with van der Waals surface area (Å²) in [6, 6.07) is 9.70. The first-order valence-electron chi connectivity index (χ1n) is 8.56. The molecule has 0 spiro atoms. The summed E-state index contributed by atoms with van der Waals surface area (Å²) in [5, 5.41) is 4.93. The average Bonchev–Trinajstić information content (AvgIpc) is 3.21. The molecule has 0 atom stereocenters. The number of aryl methyl sites for hydroxylation is 1. The van der Waals surface area contributed by atoms with E-state index in [9.17, 15) is 4.79 Å². The van der Waals surface area contributed by atoms with Gasteiger partial charge < -0.3 is 14.6 Å². The number of carbonyl (C=O) groups is 1. The van der Waals surface area contributed by atoms with Crippen molar-refractivity contribution in [1.82, 2.24) is 9.55 Å². The lowest BCUT2D eigenvalue weighted by atomic mass is 10.2. The Morgan fingerprint density at radius 2 is 2.08 bits per heavy atom. The largest absolute Gasteiger partial charge is 0.485 e. The van der Waals surface area contributed by atoms with Crippen LogP contribution in [0.4, 0.5) is 5.69 Å². The van der Waals surface area contributed by atoms with Crippen LogP contribution in [-0.2, 0) is 6.61 Å². The quantitative estimate of drug-likeness (QED) is 0.667. The van der Waals surface area contributed by atoms with Crippen LogP contribution in [0, 0.1) is 13.8 Å². The summed E-state index contributed by atoms with van der Waals surface area (Å²) in [7, 11) is 0. The molecule has 2 heterocycles. The molecule has 0 unspecified atom stereocenters. The SMILES string of the molecule is Cc1cc(C(=O)Nc2ccccc2OCc2cscn2)c(C)n1C(C)C. The van der Waals surface area contributed by atoms with Crippen molar-refractivity contribution in [3.63, 3.8) is 0 Å². The fourth-order valence-corrected chi connectivity index (χ4v) is 3.69. The van der Waals surface area contributed by atoms with E-state index in [2.05, 4.69) is 28.7 Å². The number of hydrogen-bond donors (Lipinski definition) is 1. The van der Waals surface area contributed by atoms with Crippen molar-refractivity contribution in [3.05, 3.63) is 63.9 Å². The maximum absolute atomic E-state index is 12.8. The predicted octanol–water partition coefficient (Wildman–Crippen LogP) is 4.97. The molecule has 1 aromatic carbocycles. The molecule has 0 radical (unpaired) electrons. The molecule has 0 saturated carbocycles. The van der Waals surface area contributed by atoms with Crippen LogP contribution in [0.15, 0.2) is 41.2 Å². The Kier molecular flexibility index (Phi) is 5.42. The fraction of sp³-hybridized carbons (Fsp3) is 0.300. The van der Waals surface area contributed by atoms with Gasteiger partial charge in [0.25, 0.3) is 5.91 Å². The molecule has 1 N–H and O–H groups in total. The van der Waals surface area contributed by atoms with Crippen LogP contribution >= 0.6 is 11.3 Å². The zero-order valence-electron chi connectivity index (χ0n) is 15.4. The molecule has 1 amide bonds. The summed E-state index contributed by atoms with van der Waals surface area (Å²) in [5.41, 5.74) is 6.03. The van der Waals surface area contributed by atoms with Crippen LogP contribution < -0.4 is 10.1 Å². The Balaban J connectivity index is 1.79. The molecule has 3 aromatic rings. The number of nitrogens with zero attached hydrogens (tertiary/aromatic N) is 2. The van der Waals surface area contributed by atoms with E-state index >= 15 is 0 Å². The monoisotopic (exact) mass is 369 g/mol. The number of thiazole rings is 1. The minimum atomic E-state index is -0.130. The van der Waals surface area contributed by atoms with Crippen LogP contribution in [0.1, 0.15) is 47.3 Å². The summed E-state index contributed by atoms with van der Waals surface area (Å²) < 4.78 is 8.01. The molecular formula is C20H23N3O2S. The van der Waals surface area contributed by atoms with Crippen LogP contribution in [0.25, 0.3) is 0 Å². The van der Waals surface area contributed by atoms with Gasteiger partial charge in [-0.15, -0.1) is 11.3 Å². The highest BCUT2D eigenvalue weighted by atomic mass is 32.1. The number of benzene rings is 1. The van der Waals surface area contributed by atoms with E-state index in [0.29, 0.717) is 29.6 Å². The first-order valence-corrected chi connectivity index (χ1v) is 9.50. The van der Waals surface area contributed by atoms with E-state index in [4.69, 9.17) is 4.74 Å². The Hall–Kier alpha value is -2.60. The molecule has 0 fully saturated rings. The van der Waals surface area contributed by atoms with Gasteiger partial charge in [-0.2, -0.15) is 0 Å². The van der Waals surface area contributed by atoms with E-state index in [1.165, 1.54) is 11.3 Å². The number of carbonyl (C=O) groups excluding carboxylic acids is 1. The van der Waals surface area contributed by atoms with Gasteiger partial charge in [-0.1, -0.05) is 12.1 Å². The van der Waals surface area contributed by atoms with Crippen molar-refractivity contribution in [3.8, 4) is 5.75 Å². The normalized spacial score (nSPS) is 11.0. The zero-order chi connectivity index (χ0) is 18.7. The van der Waals surface area contributed by atoms with Crippen LogP contribution in [0.2, 0.25) is 0 Å². The molecule has 0 aliphatic rings. The molecule has 136 valence electrons. The molecule has 3 rings (SSSR count). The highest BCUT2D eigenvalue weighted by Crippen LogP contribution is 2.27. The molecule has 0 aliphatic carbocycles. The summed E-state index contributed by atoms with van der Waals surface area (Å²) in [4.78, 5) is 17.0. The second-order valence-electron chi connectivity index (χ2n) is 6.47. The van der Waals surface area contributed by atoms with Gasteiger partial charge in [0.15, 0.2) is 0 Å². The third-order valence-corrected chi connectivity index (χ3v) is 4.87. The number of aromatic nitrogens is 2. The van der Waals surface area contributed by atoms with Gasteiger partial charge in [0.05, 0.1) is 22.5 Å². The lowest BCUT2D eigenvalue weighted by molar-refractivity contribution is 0.102. The van der Waals surface area contributed by atoms with Gasteiger partial charge in [0.1, 0.15) is 12.4 Å². The van der Waals surface area contributed by atoms with Gasteiger partial charge in [0.2, 0.25) is 0 Å². The van der Waals surface area contributed by atoms with E-state index in [0.717, 1.165) is 17.1 Å². The highest BCUT2D eigenvalue weighted by Gasteiger charge is 2.18. The second-order valence-corrected chi connectivity index (χ2v) is 7.19. The Morgan fingerprint density at radius 1 is 1.31 bits per heavy atom. The Labute approximate surface area is 157 Å². The topological polar surface area (TPSA) is 56.1 Å². The summed E-state index contributed by atoms with van der Waals surface area (Å²) in [5.74, 6) is 0.501. The van der Waals surface area contributed by atoms with Crippen molar-refractivity contribution in [2.24, 2.45) is 0 Å². The van der Waals surface area contributed by atoms with Gasteiger partial charge >= 0.3 is 0 Å². The number of para-hydroxylation sites is 2. The maximum Gasteiger partial charge on any atom is 0.257 e. The third kappa shape index (κ3) is 3.80. The summed E-state index contributed by atoms with van der Waals surface area (Å²) in [6.07, 6.45) is 0. The Bertz CT molecular complexity index is 898. The van der Waals surface area contributed by atoms with Crippen molar-refractivity contribution in [2.45, 2.75) is 40.3 Å². The highest BCUT2D eigenvalue weighted by molar-refractivity contribution is 7.07. The van der Waals surface area contributed by atoms with Gasteiger partial charge in [0, 0.05) is 22.8 Å². The van der Waals surface area contributed by atoms with Crippen LogP contribution in [0.5, 0.6) is 5.75 Å². The zero-order valence-corrected chi connectivity index (χ0v) is 16.3. The number of hydrogen-bond acceptors (Lipinski definition) is 4. The molecule has 0 bridgehead atoms. The van der Waals surface area contributed by atoms with Gasteiger partial charge in [-0.05, 0) is 45.9 Å². The van der Waals surface area contributed by atoms with Gasteiger partial charge in [-0.3, -0.25) is 4.79 Å². The lowest BCUT2D eigenvalue weighted by Gasteiger charge is -2.14. The van der Waals surface area contributed by atoms with E-state index < -0.39 is 0 Å². The van der Waals surface area contributed by atoms with Crippen LogP contribution in [0.3, 0.4) is 0 Å². The maximum atomic E-state index is 12.8. The Morgan fingerprint density at radius 3 is 2.73 bits per heavy atom. The molecule has 0 aliphatic heterocycles. The molecule has 0 saturated heterocycles. The summed E-state index contributed by atoms with van der Waals surface area (Å²) in [6.45, 7) is 8.60. The van der Waals surface area contributed by atoms with Crippen LogP contribution in [-0.4, -0.2) is 15.5 Å². The number of nitrogens with one attached hydrogen (secondary N) is 1. The minimum Gasteiger partial charge on any atom is -0.485 e. The predicted molar refractivity (Wildman–Crippen MR) is 105 cm³/mol. The number of amides is 1. The standard InChI is InChI=1S/C20H23N3O2S/c1-13(2)23-14(3)9-17(15(23)4)20(24)22-18-7-5-6-8-19(18)25-10-16-11-26-12-21-16/h5-9,11-13H,10H2,1-4H3,(H,22,24). The minimum absolute atomic E-state index is 0.130. The number of anilines is 1. The second kappa shape index (κ2) is 7.74. The number of rotatable bonds is 6. The van der Waals surface area contributed by atoms with E-state index in [-0.39, 0.29) is 5.91 Å². The van der Waals surface area contributed by atoms with Crippen molar-refractivity contribution >= 4 is 22.9 Å². The summed E-state index contributed by atoms with van der Waals surface area (Å²) >= 11 is 1.53. The smallest absolute Gasteiger partial charge is 0.257 e. The third-order valence-electron chi connectivity index (χ3n) is 4.24. The molecule has 6 heteroatoms. The van der Waals surface area contributed by atoms with Crippen molar-refractivity contribution in [2.75, 3.05) is 5.32 Å². The first-order chi connectivity index (χ1) is 12.5. The molecule has 5 nitrogen and oxygen atoms in total. The first kappa shape index (κ1) is 18.2. The average molecular weight is 369 g/mol. The van der Waals surface area contributed by atoms with Crippen molar-refractivity contribution < 1.29 is 9.53 Å². The molecule has 26 heavy (non-hydrogen) atoms. The van der Waals surface area contributed by atoms with Gasteiger partial charge in [-0.25, -0.2) is 4.98 Å². The lowest BCUT2D eigenvalue weighted by Crippen LogP contribution is -2.14. The fourth-order valence-electron chi connectivity index (χ4n) is 3.15. The van der Waals surface area contributed by atoms with Crippen molar-refractivity contribution in [1.29, 1.82) is 0 Å². The number of ether oxygens (including phenoxy) is 1. The molecular weight excluding hydrogens is 346 g/mol. The van der Waals surface area contributed by atoms with E-state index in [1.807, 2.05) is 49.6 Å².